The van der Waals surface area contributed by atoms with E-state index in [1.807, 2.05) is 6.26 Å². The van der Waals surface area contributed by atoms with Crippen molar-refractivity contribution < 1.29 is 19.4 Å². The van der Waals surface area contributed by atoms with Gasteiger partial charge in [0.05, 0.1) is 5.92 Å². The highest BCUT2D eigenvalue weighted by Gasteiger charge is 2.63. The van der Waals surface area contributed by atoms with E-state index in [-0.39, 0.29) is 29.6 Å². The molecule has 2 bridgehead atoms. The van der Waals surface area contributed by atoms with Crippen LogP contribution >= 0.6 is 11.8 Å². The van der Waals surface area contributed by atoms with Crippen LogP contribution in [0.5, 0.6) is 0 Å². The molecule has 0 aromatic heterocycles. The molecule has 3 N–H and O–H groups in total. The largest absolute Gasteiger partial charge is 0.480 e. The number of carbonyl (C=O) groups is 2. The van der Waals surface area contributed by atoms with Gasteiger partial charge >= 0.3 is 11.9 Å². The summed E-state index contributed by atoms with van der Waals surface area (Å²) in [7, 11) is 0. The maximum atomic E-state index is 12.1. The number of rotatable bonds is 5. The molecule has 6 atom stereocenters. The van der Waals surface area contributed by atoms with Crippen molar-refractivity contribution >= 4 is 23.7 Å². The second kappa shape index (κ2) is 4.77. The quantitative estimate of drug-likeness (QED) is 0.578. The summed E-state index contributed by atoms with van der Waals surface area (Å²) in [6.45, 7) is 0. The molecule has 0 aromatic rings. The summed E-state index contributed by atoms with van der Waals surface area (Å²) < 4.78 is 5.44. The first-order valence-corrected chi connectivity index (χ1v) is 8.28. The number of hydrogen-bond donors (Lipinski definition) is 2. The third-order valence-corrected chi connectivity index (χ3v) is 5.62. The number of ether oxygens (including phenoxy) is 1. The van der Waals surface area contributed by atoms with Crippen LogP contribution in [0.1, 0.15) is 12.8 Å². The molecular weight excluding hydrogens is 278 g/mol. The van der Waals surface area contributed by atoms with E-state index in [4.69, 9.17) is 10.5 Å². The number of nitrogens with two attached hydrogens (primary N) is 1. The van der Waals surface area contributed by atoms with Crippen molar-refractivity contribution in [3.05, 3.63) is 12.2 Å². The molecule has 2 fully saturated rings. The number of esters is 1. The van der Waals surface area contributed by atoms with Gasteiger partial charge in [-0.15, -0.1) is 0 Å². The van der Waals surface area contributed by atoms with Gasteiger partial charge in [0.25, 0.3) is 0 Å². The van der Waals surface area contributed by atoms with Crippen LogP contribution in [0.2, 0.25) is 0 Å². The molecule has 2 aliphatic carbocycles. The lowest BCUT2D eigenvalue weighted by Gasteiger charge is -2.34. The average molecular weight is 297 g/mol. The van der Waals surface area contributed by atoms with Crippen LogP contribution in [0.15, 0.2) is 12.2 Å². The zero-order valence-electron chi connectivity index (χ0n) is 11.3. The van der Waals surface area contributed by atoms with E-state index >= 15 is 0 Å². The lowest BCUT2D eigenvalue weighted by molar-refractivity contribution is -0.156. The fourth-order valence-corrected chi connectivity index (χ4v) is 4.52. The van der Waals surface area contributed by atoms with Crippen LogP contribution in [0.4, 0.5) is 0 Å². The molecule has 3 rings (SSSR count). The molecule has 5 unspecified atom stereocenters. The smallest absolute Gasteiger partial charge is 0.327 e. The third-order valence-electron chi connectivity index (χ3n) is 5.01. The molecule has 1 aliphatic heterocycles. The molecule has 20 heavy (non-hydrogen) atoms. The minimum Gasteiger partial charge on any atom is -0.480 e. The number of fused-ring (bicyclic) bond motifs is 5. The van der Waals surface area contributed by atoms with Gasteiger partial charge < -0.3 is 15.6 Å². The molecule has 0 radical (unpaired) electrons. The minimum absolute atomic E-state index is 0.0690. The number of cyclic esters (lactones) is 1. The Balaban J connectivity index is 1.90. The van der Waals surface area contributed by atoms with Gasteiger partial charge in [-0.25, -0.2) is 0 Å². The molecule has 5 nitrogen and oxygen atoms in total. The Labute approximate surface area is 121 Å². The van der Waals surface area contributed by atoms with Crippen molar-refractivity contribution in [3.8, 4) is 0 Å². The molecular formula is C14H19NO4S. The number of thioether (sulfide) groups is 1. The molecule has 6 heteroatoms. The first-order chi connectivity index (χ1) is 9.49. The van der Waals surface area contributed by atoms with Crippen LogP contribution in [0.3, 0.4) is 0 Å². The van der Waals surface area contributed by atoms with Crippen molar-refractivity contribution in [2.45, 2.75) is 24.5 Å². The molecule has 0 amide bonds. The van der Waals surface area contributed by atoms with Crippen LogP contribution in [0, 0.1) is 23.7 Å². The molecule has 0 spiro atoms. The zero-order valence-corrected chi connectivity index (χ0v) is 12.1. The minimum atomic E-state index is -1.48. The number of hydrogen-bond acceptors (Lipinski definition) is 5. The summed E-state index contributed by atoms with van der Waals surface area (Å²) in [6.07, 6.45) is 6.61. The predicted molar refractivity (Wildman–Crippen MR) is 75.2 cm³/mol. The van der Waals surface area contributed by atoms with Crippen LogP contribution in [-0.4, -0.2) is 40.7 Å². The number of carboxylic acids is 1. The molecule has 3 aliphatic rings. The van der Waals surface area contributed by atoms with E-state index in [1.165, 1.54) is 0 Å². The molecule has 1 saturated heterocycles. The number of aliphatic carboxylic acids is 1. The lowest BCUT2D eigenvalue weighted by Crippen LogP contribution is -2.60. The monoisotopic (exact) mass is 297 g/mol. The standard InChI is InChI=1S/C14H19NO4S/c1-20-5-4-14(15,13(17)18)11-9-7-2-3-8(6-7)10(9)12(16)19-11/h2-3,7-11H,4-6,15H2,1H3,(H,17,18)/t7?,8?,9?,10?,11?,14-/m1/s1. The zero-order chi connectivity index (χ0) is 14.5. The SMILES string of the molecule is CSCC[C@](N)(C(=O)O)C1OC(=O)C2C3C=CC(C3)C21. The van der Waals surface area contributed by atoms with Crippen molar-refractivity contribution in [1.82, 2.24) is 0 Å². The third kappa shape index (κ3) is 1.81. The second-order valence-electron chi connectivity index (χ2n) is 6.00. The number of carboxylic acid groups (broad SMARTS) is 1. The fourth-order valence-electron chi connectivity index (χ4n) is 3.98. The van der Waals surface area contributed by atoms with Gasteiger partial charge in [-0.05, 0) is 36.7 Å². The Morgan fingerprint density at radius 3 is 2.90 bits per heavy atom. The first-order valence-electron chi connectivity index (χ1n) is 6.89. The van der Waals surface area contributed by atoms with E-state index in [0.717, 1.165) is 6.42 Å². The van der Waals surface area contributed by atoms with Gasteiger partial charge in [0.1, 0.15) is 6.10 Å². The van der Waals surface area contributed by atoms with Gasteiger partial charge in [-0.1, -0.05) is 12.2 Å². The summed E-state index contributed by atoms with van der Waals surface area (Å²) in [6, 6.07) is 0. The van der Waals surface area contributed by atoms with Crippen molar-refractivity contribution in [3.63, 3.8) is 0 Å². The van der Waals surface area contributed by atoms with Gasteiger partial charge in [0.15, 0.2) is 5.54 Å². The Bertz CT molecular complexity index is 480. The van der Waals surface area contributed by atoms with Crippen molar-refractivity contribution in [2.75, 3.05) is 12.0 Å². The van der Waals surface area contributed by atoms with E-state index in [2.05, 4.69) is 12.2 Å². The van der Waals surface area contributed by atoms with Crippen LogP contribution in [-0.2, 0) is 14.3 Å². The van der Waals surface area contributed by atoms with Gasteiger partial charge in [0.2, 0.25) is 0 Å². The summed E-state index contributed by atoms with van der Waals surface area (Å²) in [5, 5.41) is 9.55. The molecule has 110 valence electrons. The van der Waals surface area contributed by atoms with Gasteiger partial charge in [0, 0.05) is 5.92 Å². The lowest BCUT2D eigenvalue weighted by atomic mass is 9.74. The van der Waals surface area contributed by atoms with Crippen molar-refractivity contribution in [2.24, 2.45) is 29.4 Å². The van der Waals surface area contributed by atoms with Crippen molar-refractivity contribution in [1.29, 1.82) is 0 Å². The van der Waals surface area contributed by atoms with E-state index in [9.17, 15) is 14.7 Å². The number of allylic oxidation sites excluding steroid dienone is 2. The normalized spacial score (nSPS) is 40.5. The summed E-state index contributed by atoms with van der Waals surface area (Å²) in [5.41, 5.74) is 4.69. The topological polar surface area (TPSA) is 89.6 Å². The molecule has 1 heterocycles. The van der Waals surface area contributed by atoms with E-state index in [0.29, 0.717) is 12.2 Å². The van der Waals surface area contributed by atoms with E-state index in [1.54, 1.807) is 11.8 Å². The summed E-state index contributed by atoms with van der Waals surface area (Å²) >= 11 is 1.55. The highest BCUT2D eigenvalue weighted by molar-refractivity contribution is 7.98. The predicted octanol–water partition coefficient (Wildman–Crippen LogP) is 0.885. The Kier molecular flexibility index (Phi) is 3.33. The summed E-state index contributed by atoms with van der Waals surface area (Å²) in [4.78, 5) is 23.8. The Hall–Kier alpha value is -1.01. The molecule has 1 saturated carbocycles. The van der Waals surface area contributed by atoms with Gasteiger partial charge in [-0.3, -0.25) is 9.59 Å². The van der Waals surface area contributed by atoms with Crippen LogP contribution in [0.25, 0.3) is 0 Å². The maximum absolute atomic E-state index is 12.1. The highest BCUT2D eigenvalue weighted by Crippen LogP contribution is 2.55. The highest BCUT2D eigenvalue weighted by atomic mass is 32.2. The fraction of sp³-hybridized carbons (Fsp3) is 0.714. The average Bonchev–Trinajstić information content (AvgIpc) is 3.08. The number of carbonyl (C=O) groups excluding carboxylic acids is 1. The Morgan fingerprint density at radius 2 is 2.25 bits per heavy atom. The maximum Gasteiger partial charge on any atom is 0.327 e. The van der Waals surface area contributed by atoms with Gasteiger partial charge in [-0.2, -0.15) is 11.8 Å². The van der Waals surface area contributed by atoms with E-state index < -0.39 is 17.6 Å². The van der Waals surface area contributed by atoms with Crippen LogP contribution < -0.4 is 5.73 Å². The second-order valence-corrected chi connectivity index (χ2v) is 6.98. The Morgan fingerprint density at radius 1 is 1.55 bits per heavy atom. The molecule has 0 aromatic carbocycles. The first kappa shape index (κ1) is 13.9. The summed E-state index contributed by atoms with van der Waals surface area (Å²) in [5.74, 6) is -0.516.